The van der Waals surface area contributed by atoms with Gasteiger partial charge < -0.3 is 16.0 Å². The van der Waals surface area contributed by atoms with Crippen LogP contribution in [-0.2, 0) is 11.3 Å². The Kier molecular flexibility index (Phi) is 6.36. The molecule has 3 aromatic rings. The van der Waals surface area contributed by atoms with Crippen LogP contribution in [0.2, 0.25) is 0 Å². The zero-order valence-electron chi connectivity index (χ0n) is 17.9. The van der Waals surface area contributed by atoms with Crippen molar-refractivity contribution in [3.63, 3.8) is 0 Å². The van der Waals surface area contributed by atoms with Crippen molar-refractivity contribution >= 4 is 35.4 Å². The van der Waals surface area contributed by atoms with Crippen LogP contribution in [0.5, 0.6) is 0 Å². The van der Waals surface area contributed by atoms with Gasteiger partial charge in [-0.05, 0) is 50.2 Å². The highest BCUT2D eigenvalue weighted by atomic mass is 32.1. The molecule has 0 spiro atoms. The number of carbonyl (C=O) groups excluding carboxylic acids is 2. The van der Waals surface area contributed by atoms with Gasteiger partial charge in [0.1, 0.15) is 0 Å². The van der Waals surface area contributed by atoms with Crippen LogP contribution in [0.4, 0.5) is 11.4 Å². The quantitative estimate of drug-likeness (QED) is 0.476. The third kappa shape index (κ3) is 4.72. The van der Waals surface area contributed by atoms with Gasteiger partial charge in [-0.1, -0.05) is 29.8 Å². The highest BCUT2D eigenvalue weighted by Crippen LogP contribution is 2.30. The molecular formula is C23H26N6O2S. The molecule has 0 unspecified atom stereocenters. The molecule has 0 saturated carbocycles. The Hall–Kier alpha value is -3.46. The third-order valence-electron chi connectivity index (χ3n) is 5.63. The summed E-state index contributed by atoms with van der Waals surface area (Å²) in [7, 11) is 0. The van der Waals surface area contributed by atoms with E-state index in [0.29, 0.717) is 28.4 Å². The number of hydrogen-bond acceptors (Lipinski definition) is 5. The molecule has 2 aromatic carbocycles. The number of H-pyrrole nitrogens is 1. The lowest BCUT2D eigenvalue weighted by molar-refractivity contribution is -0.116. The average Bonchev–Trinajstić information content (AvgIpc) is 3.43. The fraction of sp³-hybridized carbons (Fsp3) is 0.304. The molecule has 1 saturated heterocycles. The minimum atomic E-state index is -0.527. The first-order valence-electron chi connectivity index (χ1n) is 10.6. The molecule has 9 heteroatoms. The minimum Gasteiger partial charge on any atom is -0.370 e. The van der Waals surface area contributed by atoms with Crippen molar-refractivity contribution < 1.29 is 9.59 Å². The first-order chi connectivity index (χ1) is 15.4. The van der Waals surface area contributed by atoms with Gasteiger partial charge in [-0.15, -0.1) is 0 Å². The Labute approximate surface area is 191 Å². The van der Waals surface area contributed by atoms with Gasteiger partial charge in [0.25, 0.3) is 0 Å². The molecular weight excluding hydrogens is 424 g/mol. The van der Waals surface area contributed by atoms with E-state index >= 15 is 0 Å². The number of aromatic nitrogens is 3. The Morgan fingerprint density at radius 2 is 1.88 bits per heavy atom. The summed E-state index contributed by atoms with van der Waals surface area (Å²) in [5.41, 5.74) is 9.39. The second kappa shape index (κ2) is 9.35. The van der Waals surface area contributed by atoms with E-state index in [1.807, 2.05) is 41.8 Å². The molecule has 8 nitrogen and oxygen atoms in total. The van der Waals surface area contributed by atoms with E-state index in [9.17, 15) is 9.59 Å². The molecule has 1 fully saturated rings. The highest BCUT2D eigenvalue weighted by Gasteiger charge is 2.19. The lowest BCUT2D eigenvalue weighted by Gasteiger charge is -2.22. The molecule has 4 rings (SSSR count). The smallest absolute Gasteiger partial charge is 0.248 e. The summed E-state index contributed by atoms with van der Waals surface area (Å²) in [5.74, 6) is -0.0118. The second-order valence-corrected chi connectivity index (χ2v) is 8.35. The average molecular weight is 451 g/mol. The van der Waals surface area contributed by atoms with Crippen molar-refractivity contribution in [2.45, 2.75) is 32.7 Å². The molecule has 32 heavy (non-hydrogen) atoms. The van der Waals surface area contributed by atoms with Gasteiger partial charge in [0.2, 0.25) is 11.8 Å². The van der Waals surface area contributed by atoms with E-state index < -0.39 is 5.91 Å². The van der Waals surface area contributed by atoms with Crippen molar-refractivity contribution in [2.75, 3.05) is 23.3 Å². The van der Waals surface area contributed by atoms with E-state index in [4.69, 9.17) is 18.0 Å². The van der Waals surface area contributed by atoms with Crippen LogP contribution < -0.4 is 16.0 Å². The van der Waals surface area contributed by atoms with E-state index in [-0.39, 0.29) is 12.3 Å². The number of rotatable bonds is 7. The molecule has 2 amide bonds. The fourth-order valence-electron chi connectivity index (χ4n) is 3.90. The van der Waals surface area contributed by atoms with Crippen LogP contribution in [-0.4, -0.2) is 39.7 Å². The lowest BCUT2D eigenvalue weighted by atomic mass is 10.1. The maximum absolute atomic E-state index is 12.8. The maximum Gasteiger partial charge on any atom is 0.248 e. The maximum atomic E-state index is 12.8. The van der Waals surface area contributed by atoms with Gasteiger partial charge in [0.05, 0.1) is 11.4 Å². The van der Waals surface area contributed by atoms with E-state index in [0.717, 1.165) is 42.7 Å². The molecule has 1 aliphatic heterocycles. The predicted molar refractivity (Wildman–Crippen MR) is 127 cm³/mol. The summed E-state index contributed by atoms with van der Waals surface area (Å²) in [4.78, 5) is 26.7. The van der Waals surface area contributed by atoms with Gasteiger partial charge in [-0.25, -0.2) is 0 Å². The number of nitrogens with one attached hydrogen (secondary N) is 2. The Bertz CT molecular complexity index is 1190. The summed E-state index contributed by atoms with van der Waals surface area (Å²) < 4.78 is 2.28. The van der Waals surface area contributed by atoms with Crippen molar-refractivity contribution in [3.05, 3.63) is 58.4 Å². The van der Waals surface area contributed by atoms with E-state index in [2.05, 4.69) is 20.4 Å². The normalized spacial score (nSPS) is 13.3. The van der Waals surface area contributed by atoms with Gasteiger partial charge in [0, 0.05) is 37.2 Å². The monoisotopic (exact) mass is 450 g/mol. The second-order valence-electron chi connectivity index (χ2n) is 7.96. The number of amides is 2. The van der Waals surface area contributed by atoms with Gasteiger partial charge in [0.15, 0.2) is 10.6 Å². The number of benzene rings is 2. The van der Waals surface area contributed by atoms with E-state index in [1.54, 1.807) is 12.1 Å². The van der Waals surface area contributed by atoms with Gasteiger partial charge in [-0.3, -0.25) is 19.3 Å². The van der Waals surface area contributed by atoms with Crippen molar-refractivity contribution in [1.82, 2.24) is 14.8 Å². The Morgan fingerprint density at radius 1 is 1.16 bits per heavy atom. The highest BCUT2D eigenvalue weighted by molar-refractivity contribution is 7.71. The Balaban J connectivity index is 1.51. The number of anilines is 2. The van der Waals surface area contributed by atoms with Crippen LogP contribution in [0.1, 0.15) is 35.2 Å². The number of primary amides is 1. The molecule has 1 aromatic heterocycles. The molecule has 4 N–H and O–H groups in total. The standard InChI is InChI=1S/C23H26N6O2S/c1-15-4-6-16(7-5-15)22-26-27-23(32)29(22)13-10-20(30)25-18-14-17(21(24)31)8-9-19(18)28-11-2-3-12-28/h4-9,14H,2-3,10-13H2,1H3,(H2,24,31)(H,25,30)(H,27,32). The van der Waals surface area contributed by atoms with Crippen molar-refractivity contribution in [1.29, 1.82) is 0 Å². The SMILES string of the molecule is Cc1ccc(-c2n[nH]c(=S)n2CCC(=O)Nc2cc(C(N)=O)ccc2N2CCCC2)cc1. The summed E-state index contributed by atoms with van der Waals surface area (Å²) >= 11 is 5.37. The van der Waals surface area contributed by atoms with E-state index in [1.165, 1.54) is 0 Å². The minimum absolute atomic E-state index is 0.176. The topological polar surface area (TPSA) is 109 Å². The molecule has 2 heterocycles. The number of hydrogen-bond donors (Lipinski definition) is 3. The van der Waals surface area contributed by atoms with Crippen LogP contribution in [0.15, 0.2) is 42.5 Å². The van der Waals surface area contributed by atoms with Crippen LogP contribution in [0.25, 0.3) is 11.4 Å². The molecule has 0 atom stereocenters. The van der Waals surface area contributed by atoms with Crippen LogP contribution >= 0.6 is 12.2 Å². The number of carbonyl (C=O) groups is 2. The lowest BCUT2D eigenvalue weighted by Crippen LogP contribution is -2.22. The zero-order valence-corrected chi connectivity index (χ0v) is 18.7. The molecule has 166 valence electrons. The molecule has 0 aliphatic carbocycles. The van der Waals surface area contributed by atoms with Crippen LogP contribution in [0, 0.1) is 11.7 Å². The van der Waals surface area contributed by atoms with Crippen molar-refractivity contribution in [2.24, 2.45) is 5.73 Å². The first-order valence-corrected chi connectivity index (χ1v) is 11.0. The van der Waals surface area contributed by atoms with Crippen LogP contribution in [0.3, 0.4) is 0 Å². The summed E-state index contributed by atoms with van der Waals surface area (Å²) in [6.45, 7) is 4.24. The molecule has 1 aliphatic rings. The fourth-order valence-corrected chi connectivity index (χ4v) is 4.12. The third-order valence-corrected chi connectivity index (χ3v) is 5.94. The summed E-state index contributed by atoms with van der Waals surface area (Å²) in [6.07, 6.45) is 2.41. The van der Waals surface area contributed by atoms with Gasteiger partial charge in [-0.2, -0.15) is 5.10 Å². The summed E-state index contributed by atoms with van der Waals surface area (Å²) in [5, 5.41) is 10.1. The number of nitrogens with zero attached hydrogens (tertiary/aromatic N) is 3. The van der Waals surface area contributed by atoms with Crippen molar-refractivity contribution in [3.8, 4) is 11.4 Å². The first kappa shape index (κ1) is 21.8. The Morgan fingerprint density at radius 3 is 2.56 bits per heavy atom. The number of nitrogens with two attached hydrogens (primary N) is 1. The number of aromatic amines is 1. The molecule has 0 bridgehead atoms. The number of aryl methyl sites for hydroxylation is 1. The van der Waals surface area contributed by atoms with Gasteiger partial charge >= 0.3 is 0 Å². The zero-order chi connectivity index (χ0) is 22.7. The predicted octanol–water partition coefficient (Wildman–Crippen LogP) is 3.64. The largest absolute Gasteiger partial charge is 0.370 e. The molecule has 0 radical (unpaired) electrons. The summed E-state index contributed by atoms with van der Waals surface area (Å²) in [6, 6.07) is 13.2.